The zero-order valence-electron chi connectivity index (χ0n) is 12.9. The van der Waals surface area contributed by atoms with Crippen LogP contribution in [0.1, 0.15) is 18.4 Å². The molecule has 1 aliphatic heterocycles. The molecule has 2 aromatic rings. The summed E-state index contributed by atoms with van der Waals surface area (Å²) in [7, 11) is 0. The SMILES string of the molecule is Cl.Nc1nnc(SCCCN2CC=C(c3ccccc3)CC2)s1. The van der Waals surface area contributed by atoms with Gasteiger partial charge in [0.25, 0.3) is 0 Å². The first-order valence-corrected chi connectivity index (χ1v) is 9.30. The van der Waals surface area contributed by atoms with Crippen LogP contribution < -0.4 is 5.73 Å². The average Bonchev–Trinajstić information content (AvgIpc) is 2.98. The predicted octanol–water partition coefficient (Wildman–Crippen LogP) is 3.81. The van der Waals surface area contributed by atoms with E-state index in [1.54, 1.807) is 11.8 Å². The highest BCUT2D eigenvalue weighted by Gasteiger charge is 2.12. The van der Waals surface area contributed by atoms with Crippen LogP contribution >= 0.6 is 35.5 Å². The second-order valence-corrected chi connectivity index (χ2v) is 7.61. The van der Waals surface area contributed by atoms with Crippen molar-refractivity contribution in [2.45, 2.75) is 17.2 Å². The summed E-state index contributed by atoms with van der Waals surface area (Å²) in [6.07, 6.45) is 4.68. The van der Waals surface area contributed by atoms with E-state index in [4.69, 9.17) is 5.73 Å². The first-order chi connectivity index (χ1) is 10.8. The van der Waals surface area contributed by atoms with E-state index in [9.17, 15) is 0 Å². The highest BCUT2D eigenvalue weighted by molar-refractivity contribution is 8.01. The number of thioether (sulfide) groups is 1. The Bertz CT molecular complexity index is 630. The molecule has 0 saturated carbocycles. The molecule has 1 aromatic carbocycles. The molecule has 124 valence electrons. The summed E-state index contributed by atoms with van der Waals surface area (Å²) in [5.41, 5.74) is 8.43. The van der Waals surface area contributed by atoms with Gasteiger partial charge in [-0.25, -0.2) is 0 Å². The van der Waals surface area contributed by atoms with Crippen LogP contribution in [0.2, 0.25) is 0 Å². The smallest absolute Gasteiger partial charge is 0.203 e. The van der Waals surface area contributed by atoms with Gasteiger partial charge in [0.1, 0.15) is 0 Å². The number of benzene rings is 1. The van der Waals surface area contributed by atoms with Crippen LogP contribution in [0.15, 0.2) is 40.7 Å². The number of halogens is 1. The maximum absolute atomic E-state index is 5.58. The molecule has 0 fully saturated rings. The minimum atomic E-state index is 0. The molecule has 1 aromatic heterocycles. The Morgan fingerprint density at radius 2 is 2.04 bits per heavy atom. The van der Waals surface area contributed by atoms with Crippen LogP contribution in [0.25, 0.3) is 5.57 Å². The molecule has 7 heteroatoms. The average molecular weight is 369 g/mol. The molecular weight excluding hydrogens is 348 g/mol. The monoisotopic (exact) mass is 368 g/mol. The van der Waals surface area contributed by atoms with E-state index >= 15 is 0 Å². The lowest BCUT2D eigenvalue weighted by Crippen LogP contribution is -2.29. The van der Waals surface area contributed by atoms with Crippen molar-refractivity contribution in [2.75, 3.05) is 31.1 Å². The molecule has 0 saturated heterocycles. The standard InChI is InChI=1S/C16H20N4S2.ClH/c17-15-18-19-16(22-15)21-12-4-9-20-10-7-14(8-11-20)13-5-2-1-3-6-13;/h1-3,5-7H,4,8-12H2,(H2,17,18);1H. The zero-order chi connectivity index (χ0) is 15.2. The first kappa shape index (κ1) is 18.3. The molecule has 2 N–H and O–H groups in total. The van der Waals surface area contributed by atoms with Gasteiger partial charge in [-0.1, -0.05) is 59.5 Å². The second kappa shape index (κ2) is 9.27. The van der Waals surface area contributed by atoms with Gasteiger partial charge in [0.15, 0.2) is 4.34 Å². The minimum Gasteiger partial charge on any atom is -0.374 e. The van der Waals surface area contributed by atoms with Crippen molar-refractivity contribution < 1.29 is 0 Å². The van der Waals surface area contributed by atoms with Gasteiger partial charge in [0, 0.05) is 18.8 Å². The molecule has 2 heterocycles. The lowest BCUT2D eigenvalue weighted by atomic mass is 9.99. The Kier molecular flexibility index (Phi) is 7.36. The fourth-order valence-corrected chi connectivity index (χ4v) is 4.19. The molecule has 0 aliphatic carbocycles. The third-order valence-corrected chi connectivity index (χ3v) is 5.68. The fourth-order valence-electron chi connectivity index (χ4n) is 2.56. The van der Waals surface area contributed by atoms with E-state index in [-0.39, 0.29) is 12.4 Å². The Morgan fingerprint density at radius 1 is 1.22 bits per heavy atom. The Labute approximate surface area is 151 Å². The number of hydrogen-bond acceptors (Lipinski definition) is 6. The number of nitrogens with zero attached hydrogens (tertiary/aromatic N) is 3. The van der Waals surface area contributed by atoms with Crippen molar-refractivity contribution in [3.8, 4) is 0 Å². The lowest BCUT2D eigenvalue weighted by molar-refractivity contribution is 0.303. The van der Waals surface area contributed by atoms with Gasteiger partial charge in [-0.2, -0.15) is 0 Å². The van der Waals surface area contributed by atoms with Gasteiger partial charge in [-0.15, -0.1) is 22.6 Å². The highest BCUT2D eigenvalue weighted by Crippen LogP contribution is 2.25. The van der Waals surface area contributed by atoms with E-state index in [0.717, 1.165) is 36.1 Å². The number of aromatic nitrogens is 2. The number of hydrogen-bond donors (Lipinski definition) is 1. The first-order valence-electron chi connectivity index (χ1n) is 7.50. The number of nitrogen functional groups attached to an aromatic ring is 1. The van der Waals surface area contributed by atoms with Crippen LogP contribution in [-0.2, 0) is 0 Å². The molecule has 4 nitrogen and oxygen atoms in total. The van der Waals surface area contributed by atoms with Gasteiger partial charge < -0.3 is 5.73 Å². The predicted molar refractivity (Wildman–Crippen MR) is 102 cm³/mol. The largest absolute Gasteiger partial charge is 0.374 e. The molecular formula is C16H21ClN4S2. The topological polar surface area (TPSA) is 55.0 Å². The van der Waals surface area contributed by atoms with Crippen molar-refractivity contribution in [1.29, 1.82) is 0 Å². The van der Waals surface area contributed by atoms with Crippen molar-refractivity contribution in [2.24, 2.45) is 0 Å². The third-order valence-electron chi connectivity index (χ3n) is 3.70. The van der Waals surface area contributed by atoms with Crippen LogP contribution in [-0.4, -0.2) is 40.5 Å². The molecule has 0 spiro atoms. The van der Waals surface area contributed by atoms with Gasteiger partial charge >= 0.3 is 0 Å². The van der Waals surface area contributed by atoms with Crippen LogP contribution in [0.5, 0.6) is 0 Å². The number of nitrogens with two attached hydrogens (primary N) is 1. The van der Waals surface area contributed by atoms with Crippen molar-refractivity contribution in [3.05, 3.63) is 42.0 Å². The quantitative estimate of drug-likeness (QED) is 0.620. The van der Waals surface area contributed by atoms with E-state index in [2.05, 4.69) is 51.5 Å². The van der Waals surface area contributed by atoms with Crippen molar-refractivity contribution in [1.82, 2.24) is 15.1 Å². The molecule has 0 unspecified atom stereocenters. The number of rotatable bonds is 6. The van der Waals surface area contributed by atoms with E-state index < -0.39 is 0 Å². The lowest BCUT2D eigenvalue weighted by Gasteiger charge is -2.26. The summed E-state index contributed by atoms with van der Waals surface area (Å²) in [5, 5.41) is 8.41. The Hall–Kier alpha value is -1.08. The van der Waals surface area contributed by atoms with Gasteiger partial charge in [-0.05, 0) is 30.5 Å². The summed E-state index contributed by atoms with van der Waals surface area (Å²) in [4.78, 5) is 2.52. The molecule has 23 heavy (non-hydrogen) atoms. The van der Waals surface area contributed by atoms with E-state index in [1.165, 1.54) is 28.9 Å². The molecule has 0 bridgehead atoms. The minimum absolute atomic E-state index is 0. The molecule has 0 amide bonds. The summed E-state index contributed by atoms with van der Waals surface area (Å²) in [6.45, 7) is 3.34. The van der Waals surface area contributed by atoms with Crippen LogP contribution in [0.3, 0.4) is 0 Å². The molecule has 1 aliphatic rings. The van der Waals surface area contributed by atoms with E-state index in [1.807, 2.05) is 0 Å². The molecule has 0 atom stereocenters. The summed E-state index contributed by atoms with van der Waals surface area (Å²) < 4.78 is 0.974. The zero-order valence-corrected chi connectivity index (χ0v) is 15.3. The maximum atomic E-state index is 5.58. The van der Waals surface area contributed by atoms with Gasteiger partial charge in [0.2, 0.25) is 5.13 Å². The van der Waals surface area contributed by atoms with Crippen LogP contribution in [0.4, 0.5) is 5.13 Å². The fraction of sp³-hybridized carbons (Fsp3) is 0.375. The van der Waals surface area contributed by atoms with Crippen molar-refractivity contribution in [3.63, 3.8) is 0 Å². The summed E-state index contributed by atoms with van der Waals surface area (Å²) in [5.74, 6) is 1.07. The second-order valence-electron chi connectivity index (χ2n) is 5.25. The summed E-state index contributed by atoms with van der Waals surface area (Å²) in [6, 6.07) is 10.7. The van der Waals surface area contributed by atoms with E-state index in [0.29, 0.717) is 5.13 Å². The third kappa shape index (κ3) is 5.49. The molecule has 3 rings (SSSR count). The highest BCUT2D eigenvalue weighted by atomic mass is 35.5. The summed E-state index contributed by atoms with van der Waals surface area (Å²) >= 11 is 3.22. The van der Waals surface area contributed by atoms with Crippen LogP contribution in [0, 0.1) is 0 Å². The van der Waals surface area contributed by atoms with Crippen molar-refractivity contribution >= 4 is 46.2 Å². The molecule has 0 radical (unpaired) electrons. The number of anilines is 1. The Morgan fingerprint density at radius 3 is 2.70 bits per heavy atom. The normalized spacial score (nSPS) is 15.0. The van der Waals surface area contributed by atoms with Gasteiger partial charge in [-0.3, -0.25) is 4.90 Å². The van der Waals surface area contributed by atoms with Gasteiger partial charge in [0.05, 0.1) is 0 Å². The maximum Gasteiger partial charge on any atom is 0.203 e. The Balaban J connectivity index is 0.00000192.